The molecular weight excluding hydrogens is 496 g/mol. The molecule has 0 amide bonds. The van der Waals surface area contributed by atoms with E-state index in [-0.39, 0.29) is 11.7 Å². The number of hydrogen-bond donors (Lipinski definition) is 0. The molecule has 0 aliphatic carbocycles. The van der Waals surface area contributed by atoms with Crippen LogP contribution in [-0.4, -0.2) is 30.4 Å². The number of hydrogen-bond acceptors (Lipinski definition) is 8. The van der Waals surface area contributed by atoms with Gasteiger partial charge in [-0.2, -0.15) is 0 Å². The topological polar surface area (TPSA) is 79.1 Å². The summed E-state index contributed by atoms with van der Waals surface area (Å²) in [5, 5.41) is 1.96. The van der Waals surface area contributed by atoms with Crippen molar-refractivity contribution in [1.29, 1.82) is 0 Å². The molecule has 7 nitrogen and oxygen atoms in total. The van der Waals surface area contributed by atoms with Crippen molar-refractivity contribution in [3.05, 3.63) is 77.1 Å². The zero-order valence-corrected chi connectivity index (χ0v) is 22.7. The Hall–Kier alpha value is -3.17. The van der Waals surface area contributed by atoms with Gasteiger partial charge in [0.25, 0.3) is 5.56 Å². The number of thiazole rings is 1. The molecule has 1 aliphatic heterocycles. The molecule has 2 aromatic heterocycles. The molecule has 1 aromatic carbocycles. The molecule has 0 N–H and O–H groups in total. The smallest absolute Gasteiger partial charge is 0.338 e. The van der Waals surface area contributed by atoms with Gasteiger partial charge < -0.3 is 14.2 Å². The van der Waals surface area contributed by atoms with Crippen LogP contribution in [0, 0.1) is 0 Å². The number of ether oxygens (including phenoxy) is 3. The Bertz CT molecular complexity index is 1450. The highest BCUT2D eigenvalue weighted by molar-refractivity contribution is 7.11. The van der Waals surface area contributed by atoms with Crippen LogP contribution in [0.15, 0.2) is 56.8 Å². The lowest BCUT2D eigenvalue weighted by atomic mass is 9.95. The number of nitrogens with zero attached hydrogens (tertiary/aromatic N) is 2. The Morgan fingerprint density at radius 2 is 2.06 bits per heavy atom. The average molecular weight is 527 g/mol. The molecule has 36 heavy (non-hydrogen) atoms. The highest BCUT2D eigenvalue weighted by Crippen LogP contribution is 2.36. The number of aromatic nitrogens is 1. The molecule has 190 valence electrons. The molecule has 0 saturated heterocycles. The van der Waals surface area contributed by atoms with Gasteiger partial charge in [0.15, 0.2) is 16.3 Å². The summed E-state index contributed by atoms with van der Waals surface area (Å²) >= 11 is 2.86. The lowest BCUT2D eigenvalue weighted by molar-refractivity contribution is -0.143. The van der Waals surface area contributed by atoms with Crippen LogP contribution in [0.3, 0.4) is 0 Å². The Balaban J connectivity index is 1.89. The largest absolute Gasteiger partial charge is 0.493 e. The van der Waals surface area contributed by atoms with E-state index >= 15 is 0 Å². The number of fused-ring (bicyclic) bond motifs is 1. The minimum absolute atomic E-state index is 0.207. The van der Waals surface area contributed by atoms with Crippen LogP contribution < -0.4 is 24.4 Å². The highest BCUT2D eigenvalue weighted by atomic mass is 32.1. The van der Waals surface area contributed by atoms with E-state index in [2.05, 4.69) is 11.9 Å². The van der Waals surface area contributed by atoms with Crippen molar-refractivity contribution in [3.63, 3.8) is 0 Å². The van der Waals surface area contributed by atoms with Crippen molar-refractivity contribution in [1.82, 2.24) is 4.57 Å². The Kier molecular flexibility index (Phi) is 8.11. The quantitative estimate of drug-likeness (QED) is 0.304. The molecule has 0 saturated carbocycles. The second-order valence-corrected chi connectivity index (χ2v) is 10.7. The summed E-state index contributed by atoms with van der Waals surface area (Å²) in [5.74, 6) is 0.661. The van der Waals surface area contributed by atoms with Crippen molar-refractivity contribution < 1.29 is 19.0 Å². The number of rotatable bonds is 9. The van der Waals surface area contributed by atoms with Gasteiger partial charge in [-0.15, -0.1) is 11.3 Å². The van der Waals surface area contributed by atoms with E-state index in [1.165, 1.54) is 11.3 Å². The summed E-state index contributed by atoms with van der Waals surface area (Å²) in [5.41, 5.74) is 1.36. The number of thiophene rings is 1. The van der Waals surface area contributed by atoms with Gasteiger partial charge in [0.2, 0.25) is 0 Å². The SMILES string of the molecule is CCCCOc1ccc(C2C(C(=O)OC(C)C)=C(C)N=c3s/c(=C\c4cccs4)c(=O)n32)cc1OC. The van der Waals surface area contributed by atoms with Gasteiger partial charge >= 0.3 is 5.97 Å². The van der Waals surface area contributed by atoms with Crippen molar-refractivity contribution in [3.8, 4) is 11.5 Å². The van der Waals surface area contributed by atoms with Gasteiger partial charge in [-0.25, -0.2) is 9.79 Å². The molecule has 1 aliphatic rings. The highest BCUT2D eigenvalue weighted by Gasteiger charge is 2.34. The molecule has 3 aromatic rings. The Morgan fingerprint density at radius 1 is 1.25 bits per heavy atom. The molecule has 0 bridgehead atoms. The average Bonchev–Trinajstić information content (AvgIpc) is 3.46. The summed E-state index contributed by atoms with van der Waals surface area (Å²) in [7, 11) is 1.58. The molecular formula is C27H30N2O5S2. The van der Waals surface area contributed by atoms with Crippen molar-refractivity contribution in [2.75, 3.05) is 13.7 Å². The molecule has 9 heteroatoms. The first-order valence-corrected chi connectivity index (χ1v) is 13.6. The van der Waals surface area contributed by atoms with E-state index in [1.807, 2.05) is 41.8 Å². The van der Waals surface area contributed by atoms with Crippen LogP contribution >= 0.6 is 22.7 Å². The standard InChI is InChI=1S/C27H30N2O5S2/c1-6-7-12-33-20-11-10-18(14-21(20)32-5)24-23(26(31)34-16(2)3)17(4)28-27-29(24)25(30)22(36-27)15-19-9-8-13-35-19/h8-11,13-16,24H,6-7,12H2,1-5H3/b22-15-. The number of esters is 1. The van der Waals surface area contributed by atoms with Crippen LogP contribution in [-0.2, 0) is 9.53 Å². The van der Waals surface area contributed by atoms with Gasteiger partial charge in [0.1, 0.15) is 0 Å². The summed E-state index contributed by atoms with van der Waals surface area (Å²) in [4.78, 5) is 33.1. The molecule has 1 atom stereocenters. The van der Waals surface area contributed by atoms with E-state index in [9.17, 15) is 9.59 Å². The third-order valence-electron chi connectivity index (χ3n) is 5.66. The monoisotopic (exact) mass is 526 g/mol. The first kappa shape index (κ1) is 25.9. The predicted octanol–water partition coefficient (Wildman–Crippen LogP) is 4.44. The first-order chi connectivity index (χ1) is 17.3. The predicted molar refractivity (Wildman–Crippen MR) is 143 cm³/mol. The van der Waals surface area contributed by atoms with E-state index in [0.29, 0.717) is 44.3 Å². The fourth-order valence-electron chi connectivity index (χ4n) is 3.98. The first-order valence-electron chi connectivity index (χ1n) is 11.9. The molecule has 3 heterocycles. The van der Waals surface area contributed by atoms with Gasteiger partial charge in [0.05, 0.1) is 41.7 Å². The minimum atomic E-state index is -0.712. The van der Waals surface area contributed by atoms with Crippen LogP contribution in [0.5, 0.6) is 11.5 Å². The molecule has 1 unspecified atom stereocenters. The van der Waals surface area contributed by atoms with Crippen LogP contribution in [0.4, 0.5) is 0 Å². The lowest BCUT2D eigenvalue weighted by Gasteiger charge is -2.26. The van der Waals surface area contributed by atoms with Gasteiger partial charge in [-0.1, -0.05) is 36.8 Å². The summed E-state index contributed by atoms with van der Waals surface area (Å²) in [6.45, 7) is 8.05. The van der Waals surface area contributed by atoms with Gasteiger partial charge in [-0.05, 0) is 62.4 Å². The molecule has 0 fully saturated rings. The normalized spacial score (nSPS) is 15.6. The number of benzene rings is 1. The van der Waals surface area contributed by atoms with E-state index in [4.69, 9.17) is 14.2 Å². The number of methoxy groups -OCH3 is 1. The maximum absolute atomic E-state index is 13.7. The van der Waals surface area contributed by atoms with Crippen molar-refractivity contribution in [2.45, 2.75) is 52.7 Å². The summed E-state index contributed by atoms with van der Waals surface area (Å²) in [6.07, 6.45) is 3.50. The van der Waals surface area contributed by atoms with Crippen LogP contribution in [0.2, 0.25) is 0 Å². The fraction of sp³-hybridized carbons (Fsp3) is 0.370. The Labute approximate surface area is 218 Å². The lowest BCUT2D eigenvalue weighted by Crippen LogP contribution is -2.40. The maximum Gasteiger partial charge on any atom is 0.338 e. The zero-order valence-electron chi connectivity index (χ0n) is 21.1. The van der Waals surface area contributed by atoms with Crippen LogP contribution in [0.1, 0.15) is 57.0 Å². The van der Waals surface area contributed by atoms with Gasteiger partial charge in [-0.3, -0.25) is 9.36 Å². The number of unbranched alkanes of at least 4 members (excludes halogenated alkanes) is 1. The third-order valence-corrected chi connectivity index (χ3v) is 7.46. The second-order valence-electron chi connectivity index (χ2n) is 8.66. The maximum atomic E-state index is 13.7. The third kappa shape index (κ3) is 5.32. The second kappa shape index (κ2) is 11.3. The minimum Gasteiger partial charge on any atom is -0.493 e. The number of allylic oxidation sites excluding steroid dienone is 1. The fourth-order valence-corrected chi connectivity index (χ4v) is 5.75. The number of carbonyl (C=O) groups excluding carboxylic acids is 1. The van der Waals surface area contributed by atoms with E-state index in [1.54, 1.807) is 43.8 Å². The number of carbonyl (C=O) groups is 1. The molecule has 0 spiro atoms. The van der Waals surface area contributed by atoms with E-state index < -0.39 is 12.0 Å². The Morgan fingerprint density at radius 3 is 2.72 bits per heavy atom. The van der Waals surface area contributed by atoms with Crippen molar-refractivity contribution >= 4 is 34.7 Å². The zero-order chi connectivity index (χ0) is 25.8. The van der Waals surface area contributed by atoms with Gasteiger partial charge in [0, 0.05) is 4.88 Å². The van der Waals surface area contributed by atoms with E-state index in [0.717, 1.165) is 17.7 Å². The van der Waals surface area contributed by atoms with Crippen molar-refractivity contribution in [2.24, 2.45) is 4.99 Å². The summed E-state index contributed by atoms with van der Waals surface area (Å²) in [6, 6.07) is 8.70. The molecule has 4 rings (SSSR count). The molecule has 0 radical (unpaired) electrons. The van der Waals surface area contributed by atoms with Crippen LogP contribution in [0.25, 0.3) is 6.08 Å². The summed E-state index contributed by atoms with van der Waals surface area (Å²) < 4.78 is 19.2.